The van der Waals surface area contributed by atoms with Crippen LogP contribution in [0.5, 0.6) is 0 Å². The molecule has 1 aliphatic heterocycles. The molecule has 0 aromatic carbocycles. The monoisotopic (exact) mass is 334 g/mol. The molecule has 1 saturated heterocycles. The van der Waals surface area contributed by atoms with E-state index in [0.717, 1.165) is 31.0 Å². The van der Waals surface area contributed by atoms with Crippen LogP contribution in [0.3, 0.4) is 0 Å². The predicted octanol–water partition coefficient (Wildman–Crippen LogP) is 3.00. The molecule has 0 radical (unpaired) electrons. The minimum atomic E-state index is 0.0974. The summed E-state index contributed by atoms with van der Waals surface area (Å²) in [6.45, 7) is 15.9. The van der Waals surface area contributed by atoms with Gasteiger partial charge in [-0.1, -0.05) is 0 Å². The van der Waals surface area contributed by atoms with Gasteiger partial charge in [-0.15, -0.1) is 0 Å². The zero-order valence-electron chi connectivity index (χ0n) is 16.2. The van der Waals surface area contributed by atoms with Crippen LogP contribution >= 0.6 is 0 Å². The smallest absolute Gasteiger partial charge is 0.222 e. The summed E-state index contributed by atoms with van der Waals surface area (Å²) in [6, 6.07) is 0.728. The number of carbonyl (C=O) groups excluding carboxylic acids is 1. The van der Waals surface area contributed by atoms with Gasteiger partial charge in [-0.3, -0.25) is 9.48 Å². The van der Waals surface area contributed by atoms with E-state index in [1.807, 2.05) is 11.6 Å². The molecular weight excluding hydrogens is 300 g/mol. The first-order chi connectivity index (χ1) is 11.3. The Morgan fingerprint density at radius 1 is 1.21 bits per heavy atom. The molecule has 1 N–H and O–H groups in total. The quantitative estimate of drug-likeness (QED) is 0.870. The van der Waals surface area contributed by atoms with Gasteiger partial charge >= 0.3 is 0 Å². The first kappa shape index (κ1) is 19.0. The average Bonchev–Trinajstić information content (AvgIpc) is 2.81. The summed E-state index contributed by atoms with van der Waals surface area (Å²) < 4.78 is 1.99. The van der Waals surface area contributed by atoms with E-state index >= 15 is 0 Å². The number of hydrogen-bond acceptors (Lipinski definition) is 3. The van der Waals surface area contributed by atoms with E-state index in [2.05, 4.69) is 49.9 Å². The highest BCUT2D eigenvalue weighted by atomic mass is 16.1. The Bertz CT molecular complexity index is 556. The highest BCUT2D eigenvalue weighted by Gasteiger charge is 2.22. The molecule has 1 amide bonds. The Kier molecular flexibility index (Phi) is 6.44. The molecule has 1 aromatic heterocycles. The molecule has 2 rings (SSSR count). The Morgan fingerprint density at radius 3 is 2.33 bits per heavy atom. The summed E-state index contributed by atoms with van der Waals surface area (Å²) >= 11 is 0. The second-order valence-corrected chi connectivity index (χ2v) is 7.67. The zero-order chi connectivity index (χ0) is 17.9. The SMILES string of the molecule is Cc1nn(C(C)CC(=O)NCC2CCN(C(C)C)CC2)c(C)c1C. The summed E-state index contributed by atoms with van der Waals surface area (Å²) in [6.07, 6.45) is 2.86. The summed E-state index contributed by atoms with van der Waals surface area (Å²) in [4.78, 5) is 14.8. The van der Waals surface area contributed by atoms with Gasteiger partial charge < -0.3 is 10.2 Å². The molecule has 2 heterocycles. The van der Waals surface area contributed by atoms with Gasteiger partial charge in [-0.25, -0.2) is 0 Å². The van der Waals surface area contributed by atoms with Crippen molar-refractivity contribution in [2.45, 2.75) is 72.9 Å². The maximum Gasteiger partial charge on any atom is 0.222 e. The van der Waals surface area contributed by atoms with Gasteiger partial charge in [0.05, 0.1) is 11.7 Å². The minimum absolute atomic E-state index is 0.0974. The fourth-order valence-electron chi connectivity index (χ4n) is 3.53. The van der Waals surface area contributed by atoms with Gasteiger partial charge in [-0.05, 0) is 79.0 Å². The molecule has 24 heavy (non-hydrogen) atoms. The summed E-state index contributed by atoms with van der Waals surface area (Å²) in [5.74, 6) is 0.758. The Balaban J connectivity index is 1.76. The fourth-order valence-corrected chi connectivity index (χ4v) is 3.53. The van der Waals surface area contributed by atoms with Crippen molar-refractivity contribution in [2.24, 2.45) is 5.92 Å². The lowest BCUT2D eigenvalue weighted by atomic mass is 9.96. The van der Waals surface area contributed by atoms with Crippen molar-refractivity contribution in [3.63, 3.8) is 0 Å². The fraction of sp³-hybridized carbons (Fsp3) is 0.789. The standard InChI is InChI=1S/C19H34N4O/c1-13(2)22-9-7-18(8-10-22)12-20-19(24)11-14(3)23-17(6)15(4)16(5)21-23/h13-14,18H,7-12H2,1-6H3,(H,20,24). The molecule has 1 aliphatic rings. The lowest BCUT2D eigenvalue weighted by molar-refractivity contribution is -0.122. The van der Waals surface area contributed by atoms with Crippen LogP contribution in [-0.2, 0) is 4.79 Å². The van der Waals surface area contributed by atoms with E-state index in [9.17, 15) is 4.79 Å². The number of amides is 1. The number of carbonyl (C=O) groups is 1. The second-order valence-electron chi connectivity index (χ2n) is 7.67. The Labute approximate surface area is 146 Å². The molecule has 1 aromatic rings. The van der Waals surface area contributed by atoms with Crippen LogP contribution in [0.15, 0.2) is 0 Å². The van der Waals surface area contributed by atoms with Gasteiger partial charge in [0.25, 0.3) is 0 Å². The summed E-state index contributed by atoms with van der Waals surface area (Å²) in [7, 11) is 0. The summed E-state index contributed by atoms with van der Waals surface area (Å²) in [5, 5.41) is 7.71. The van der Waals surface area contributed by atoms with Crippen LogP contribution in [0, 0.1) is 26.7 Å². The van der Waals surface area contributed by atoms with Crippen LogP contribution in [0.1, 0.15) is 63.0 Å². The van der Waals surface area contributed by atoms with E-state index in [0.29, 0.717) is 18.4 Å². The average molecular weight is 335 g/mol. The number of hydrogen-bond donors (Lipinski definition) is 1. The third kappa shape index (κ3) is 4.59. The molecular formula is C19H34N4O. The Morgan fingerprint density at radius 2 is 1.83 bits per heavy atom. The lowest BCUT2D eigenvalue weighted by Gasteiger charge is -2.34. The van der Waals surface area contributed by atoms with Gasteiger partial charge in [0.2, 0.25) is 5.91 Å². The highest BCUT2D eigenvalue weighted by Crippen LogP contribution is 2.20. The van der Waals surface area contributed by atoms with Crippen LogP contribution in [0.25, 0.3) is 0 Å². The van der Waals surface area contributed by atoms with Crippen LogP contribution in [0.4, 0.5) is 0 Å². The number of rotatable bonds is 6. The van der Waals surface area contributed by atoms with Gasteiger partial charge in [0.15, 0.2) is 0 Å². The normalized spacial score (nSPS) is 18.1. The van der Waals surface area contributed by atoms with Crippen molar-refractivity contribution in [3.05, 3.63) is 17.0 Å². The predicted molar refractivity (Wildman–Crippen MR) is 98.2 cm³/mol. The molecule has 1 atom stereocenters. The van der Waals surface area contributed by atoms with E-state index in [1.165, 1.54) is 18.4 Å². The zero-order valence-corrected chi connectivity index (χ0v) is 16.2. The number of nitrogens with one attached hydrogen (secondary N) is 1. The maximum atomic E-state index is 12.3. The first-order valence-electron chi connectivity index (χ1n) is 9.32. The second kappa shape index (κ2) is 8.15. The number of likely N-dealkylation sites (tertiary alicyclic amines) is 1. The van der Waals surface area contributed by atoms with Crippen LogP contribution in [-0.4, -0.2) is 46.3 Å². The van der Waals surface area contributed by atoms with Crippen LogP contribution < -0.4 is 5.32 Å². The van der Waals surface area contributed by atoms with E-state index in [-0.39, 0.29) is 11.9 Å². The number of nitrogens with zero attached hydrogens (tertiary/aromatic N) is 3. The van der Waals surface area contributed by atoms with Crippen molar-refractivity contribution in [1.82, 2.24) is 20.0 Å². The highest BCUT2D eigenvalue weighted by molar-refractivity contribution is 5.76. The maximum absolute atomic E-state index is 12.3. The molecule has 1 unspecified atom stereocenters. The number of aromatic nitrogens is 2. The van der Waals surface area contributed by atoms with E-state index < -0.39 is 0 Å². The van der Waals surface area contributed by atoms with Crippen molar-refractivity contribution in [2.75, 3.05) is 19.6 Å². The third-order valence-corrected chi connectivity index (χ3v) is 5.55. The number of piperidine rings is 1. The lowest BCUT2D eigenvalue weighted by Crippen LogP contribution is -2.41. The minimum Gasteiger partial charge on any atom is -0.356 e. The first-order valence-corrected chi connectivity index (χ1v) is 9.32. The van der Waals surface area contributed by atoms with Gasteiger partial charge in [0, 0.05) is 24.7 Å². The van der Waals surface area contributed by atoms with Gasteiger partial charge in [0.1, 0.15) is 0 Å². The molecule has 0 saturated carbocycles. The largest absolute Gasteiger partial charge is 0.356 e. The molecule has 5 nitrogen and oxygen atoms in total. The van der Waals surface area contributed by atoms with Crippen molar-refractivity contribution < 1.29 is 4.79 Å². The Hall–Kier alpha value is -1.36. The van der Waals surface area contributed by atoms with Gasteiger partial charge in [-0.2, -0.15) is 5.10 Å². The summed E-state index contributed by atoms with van der Waals surface area (Å²) in [5.41, 5.74) is 3.43. The van der Waals surface area contributed by atoms with Crippen LogP contribution in [0.2, 0.25) is 0 Å². The topological polar surface area (TPSA) is 50.2 Å². The molecule has 0 spiro atoms. The van der Waals surface area contributed by atoms with Crippen molar-refractivity contribution in [1.29, 1.82) is 0 Å². The molecule has 0 bridgehead atoms. The molecule has 0 aliphatic carbocycles. The third-order valence-electron chi connectivity index (χ3n) is 5.55. The van der Waals surface area contributed by atoms with Crippen molar-refractivity contribution in [3.8, 4) is 0 Å². The molecule has 5 heteroatoms. The van der Waals surface area contributed by atoms with Crippen molar-refractivity contribution >= 4 is 5.91 Å². The van der Waals surface area contributed by atoms with E-state index in [4.69, 9.17) is 0 Å². The number of aryl methyl sites for hydroxylation is 1. The molecule has 1 fully saturated rings. The van der Waals surface area contributed by atoms with E-state index in [1.54, 1.807) is 0 Å². The molecule has 136 valence electrons.